The SMILES string of the molecule is CCNC(=NCC(CC)CC)N1CCC(O)CC1. The van der Waals surface area contributed by atoms with E-state index < -0.39 is 0 Å². The number of hydrogen-bond acceptors (Lipinski definition) is 2. The predicted molar refractivity (Wildman–Crippen MR) is 76.9 cm³/mol. The molecule has 0 bridgehead atoms. The van der Waals surface area contributed by atoms with Gasteiger partial charge >= 0.3 is 0 Å². The van der Waals surface area contributed by atoms with E-state index in [0.29, 0.717) is 5.92 Å². The number of guanidine groups is 1. The molecule has 1 aliphatic rings. The van der Waals surface area contributed by atoms with Crippen molar-refractivity contribution in [3.63, 3.8) is 0 Å². The van der Waals surface area contributed by atoms with Gasteiger partial charge in [-0.15, -0.1) is 0 Å². The Kier molecular flexibility index (Phi) is 7.09. The van der Waals surface area contributed by atoms with Crippen molar-refractivity contribution in [3.05, 3.63) is 0 Å². The maximum Gasteiger partial charge on any atom is 0.193 e. The highest BCUT2D eigenvalue weighted by Gasteiger charge is 2.19. The van der Waals surface area contributed by atoms with Gasteiger partial charge in [-0.2, -0.15) is 0 Å². The lowest BCUT2D eigenvalue weighted by Gasteiger charge is -2.32. The van der Waals surface area contributed by atoms with Crippen LogP contribution in [0.2, 0.25) is 0 Å². The number of likely N-dealkylation sites (tertiary alicyclic amines) is 1. The van der Waals surface area contributed by atoms with Gasteiger partial charge in [0.25, 0.3) is 0 Å². The first-order chi connectivity index (χ1) is 8.71. The van der Waals surface area contributed by atoms with Crippen LogP contribution < -0.4 is 5.32 Å². The molecule has 0 unspecified atom stereocenters. The van der Waals surface area contributed by atoms with Gasteiger partial charge in [0, 0.05) is 26.2 Å². The Hall–Kier alpha value is -0.770. The second-order valence-corrected chi connectivity index (χ2v) is 5.10. The zero-order valence-corrected chi connectivity index (χ0v) is 12.2. The molecule has 0 aromatic heterocycles. The first-order valence-electron chi connectivity index (χ1n) is 7.42. The molecule has 0 spiro atoms. The molecule has 18 heavy (non-hydrogen) atoms. The highest BCUT2D eigenvalue weighted by Crippen LogP contribution is 2.11. The molecule has 0 amide bonds. The fourth-order valence-corrected chi connectivity index (χ4v) is 2.27. The number of aliphatic hydroxyl groups is 1. The second kappa shape index (κ2) is 8.35. The number of hydrogen-bond donors (Lipinski definition) is 2. The normalized spacial score (nSPS) is 18.5. The van der Waals surface area contributed by atoms with Gasteiger partial charge in [-0.1, -0.05) is 26.7 Å². The van der Waals surface area contributed by atoms with Crippen LogP contribution in [0.1, 0.15) is 46.5 Å². The number of aliphatic hydroxyl groups excluding tert-OH is 1. The monoisotopic (exact) mass is 255 g/mol. The van der Waals surface area contributed by atoms with Crippen LogP contribution in [0, 0.1) is 5.92 Å². The minimum Gasteiger partial charge on any atom is -0.393 e. The maximum atomic E-state index is 9.55. The summed E-state index contributed by atoms with van der Waals surface area (Å²) in [4.78, 5) is 7.03. The van der Waals surface area contributed by atoms with E-state index >= 15 is 0 Å². The molecule has 2 N–H and O–H groups in total. The summed E-state index contributed by atoms with van der Waals surface area (Å²) in [6, 6.07) is 0. The van der Waals surface area contributed by atoms with Crippen LogP contribution >= 0.6 is 0 Å². The van der Waals surface area contributed by atoms with Crippen molar-refractivity contribution in [2.45, 2.75) is 52.6 Å². The smallest absolute Gasteiger partial charge is 0.193 e. The molecule has 106 valence electrons. The Morgan fingerprint density at radius 3 is 2.39 bits per heavy atom. The lowest BCUT2D eigenvalue weighted by molar-refractivity contribution is 0.108. The third-order valence-corrected chi connectivity index (χ3v) is 3.75. The highest BCUT2D eigenvalue weighted by molar-refractivity contribution is 5.80. The Morgan fingerprint density at radius 1 is 1.28 bits per heavy atom. The predicted octanol–water partition coefficient (Wildman–Crippen LogP) is 1.84. The second-order valence-electron chi connectivity index (χ2n) is 5.10. The largest absolute Gasteiger partial charge is 0.393 e. The number of aliphatic imine (C=N–C) groups is 1. The molecule has 0 radical (unpaired) electrons. The van der Waals surface area contributed by atoms with Crippen molar-refractivity contribution < 1.29 is 5.11 Å². The molecular formula is C14H29N3O. The molecule has 1 rings (SSSR count). The third-order valence-electron chi connectivity index (χ3n) is 3.75. The molecule has 1 fully saturated rings. The molecule has 1 saturated heterocycles. The molecule has 4 nitrogen and oxygen atoms in total. The standard InChI is InChI=1S/C14H29N3O/c1-4-12(5-2)11-16-14(15-6-3)17-9-7-13(18)8-10-17/h12-13,18H,4-11H2,1-3H3,(H,15,16). The summed E-state index contributed by atoms with van der Waals surface area (Å²) < 4.78 is 0. The van der Waals surface area contributed by atoms with E-state index in [0.717, 1.165) is 45.0 Å². The van der Waals surface area contributed by atoms with E-state index in [1.165, 1.54) is 12.8 Å². The van der Waals surface area contributed by atoms with Crippen LogP contribution in [0.4, 0.5) is 0 Å². The summed E-state index contributed by atoms with van der Waals surface area (Å²) in [5.74, 6) is 1.71. The molecule has 0 aliphatic carbocycles. The molecule has 1 aliphatic heterocycles. The molecule has 0 aromatic carbocycles. The van der Waals surface area contributed by atoms with E-state index in [1.54, 1.807) is 0 Å². The minimum absolute atomic E-state index is 0.122. The van der Waals surface area contributed by atoms with Crippen LogP contribution in [-0.4, -0.2) is 48.2 Å². The average Bonchev–Trinajstić information content (AvgIpc) is 2.39. The summed E-state index contributed by atoms with van der Waals surface area (Å²) in [6.07, 6.45) is 3.98. The fourth-order valence-electron chi connectivity index (χ4n) is 2.27. The number of piperidine rings is 1. The highest BCUT2D eigenvalue weighted by atomic mass is 16.3. The van der Waals surface area contributed by atoms with Gasteiger partial charge in [-0.3, -0.25) is 4.99 Å². The molecular weight excluding hydrogens is 226 g/mol. The average molecular weight is 255 g/mol. The van der Waals surface area contributed by atoms with Gasteiger partial charge in [0.2, 0.25) is 0 Å². The summed E-state index contributed by atoms with van der Waals surface area (Å²) in [5.41, 5.74) is 0. The van der Waals surface area contributed by atoms with E-state index in [4.69, 9.17) is 4.99 Å². The van der Waals surface area contributed by atoms with Gasteiger partial charge in [-0.05, 0) is 25.7 Å². The zero-order valence-electron chi connectivity index (χ0n) is 12.2. The van der Waals surface area contributed by atoms with Gasteiger partial charge in [0.1, 0.15) is 0 Å². The van der Waals surface area contributed by atoms with Gasteiger partial charge in [0.15, 0.2) is 5.96 Å². The zero-order chi connectivity index (χ0) is 13.4. The molecule has 1 heterocycles. The van der Waals surface area contributed by atoms with Crippen LogP contribution in [0.5, 0.6) is 0 Å². The Balaban J connectivity index is 2.54. The summed E-state index contributed by atoms with van der Waals surface area (Å²) in [7, 11) is 0. The van der Waals surface area contributed by atoms with Crippen molar-refractivity contribution in [2.24, 2.45) is 10.9 Å². The van der Waals surface area contributed by atoms with Crippen LogP contribution in [0.15, 0.2) is 4.99 Å². The van der Waals surface area contributed by atoms with Gasteiger partial charge in [-0.25, -0.2) is 0 Å². The summed E-state index contributed by atoms with van der Waals surface area (Å²) in [6.45, 7) is 10.2. The molecule has 4 heteroatoms. The van der Waals surface area contributed by atoms with E-state index in [2.05, 4.69) is 31.0 Å². The van der Waals surface area contributed by atoms with Crippen molar-refractivity contribution in [1.29, 1.82) is 0 Å². The third kappa shape index (κ3) is 4.84. The van der Waals surface area contributed by atoms with E-state index in [-0.39, 0.29) is 6.10 Å². The van der Waals surface area contributed by atoms with Crippen LogP contribution in [0.3, 0.4) is 0 Å². The van der Waals surface area contributed by atoms with Crippen molar-refractivity contribution in [1.82, 2.24) is 10.2 Å². The molecule has 0 atom stereocenters. The first-order valence-corrected chi connectivity index (χ1v) is 7.42. The molecule has 0 saturated carbocycles. The van der Waals surface area contributed by atoms with Gasteiger partial charge in [0.05, 0.1) is 6.10 Å². The van der Waals surface area contributed by atoms with Crippen molar-refractivity contribution in [3.8, 4) is 0 Å². The quantitative estimate of drug-likeness (QED) is 0.582. The van der Waals surface area contributed by atoms with Crippen molar-refractivity contribution in [2.75, 3.05) is 26.2 Å². The Bertz CT molecular complexity index is 243. The number of nitrogens with zero attached hydrogens (tertiary/aromatic N) is 2. The Morgan fingerprint density at radius 2 is 1.89 bits per heavy atom. The first kappa shape index (κ1) is 15.3. The van der Waals surface area contributed by atoms with Crippen LogP contribution in [-0.2, 0) is 0 Å². The summed E-state index contributed by atoms with van der Waals surface area (Å²) >= 11 is 0. The minimum atomic E-state index is -0.122. The fraction of sp³-hybridized carbons (Fsp3) is 0.929. The lowest BCUT2D eigenvalue weighted by atomic mass is 10.0. The summed E-state index contributed by atoms with van der Waals surface area (Å²) in [5, 5.41) is 12.9. The van der Waals surface area contributed by atoms with Gasteiger partial charge < -0.3 is 15.3 Å². The van der Waals surface area contributed by atoms with E-state index in [1.807, 2.05) is 0 Å². The number of rotatable bonds is 5. The molecule has 0 aromatic rings. The number of nitrogens with one attached hydrogen (secondary N) is 1. The topological polar surface area (TPSA) is 47.9 Å². The lowest BCUT2D eigenvalue weighted by Crippen LogP contribution is -2.46. The Labute approximate surface area is 111 Å². The van der Waals surface area contributed by atoms with Crippen LogP contribution in [0.25, 0.3) is 0 Å². The van der Waals surface area contributed by atoms with E-state index in [9.17, 15) is 5.11 Å². The van der Waals surface area contributed by atoms with Crippen molar-refractivity contribution >= 4 is 5.96 Å². The maximum absolute atomic E-state index is 9.55.